The van der Waals surface area contributed by atoms with Crippen molar-refractivity contribution in [3.8, 4) is 11.5 Å². The molecule has 5 heteroatoms. The number of rotatable bonds is 3. The molecule has 0 bridgehead atoms. The maximum atomic E-state index is 11.8. The minimum Gasteiger partial charge on any atom is -0.507 e. The Morgan fingerprint density at radius 1 is 1.17 bits per heavy atom. The lowest BCUT2D eigenvalue weighted by molar-refractivity contribution is 0.0945. The van der Waals surface area contributed by atoms with Crippen molar-refractivity contribution in [2.75, 3.05) is 0 Å². The van der Waals surface area contributed by atoms with E-state index >= 15 is 0 Å². The summed E-state index contributed by atoms with van der Waals surface area (Å²) in [5.74, 6) is -1.04. The van der Waals surface area contributed by atoms with E-state index in [-0.39, 0.29) is 23.6 Å². The van der Waals surface area contributed by atoms with Crippen molar-refractivity contribution in [2.24, 2.45) is 0 Å². The van der Waals surface area contributed by atoms with Crippen LogP contribution in [0.2, 0.25) is 0 Å². The summed E-state index contributed by atoms with van der Waals surface area (Å²) in [4.78, 5) is 15.7. The predicted molar refractivity (Wildman–Crippen MR) is 65.2 cm³/mol. The summed E-state index contributed by atoms with van der Waals surface area (Å²) in [5, 5.41) is 21.6. The van der Waals surface area contributed by atoms with E-state index in [2.05, 4.69) is 10.3 Å². The molecule has 0 fully saturated rings. The second kappa shape index (κ2) is 5.18. The van der Waals surface area contributed by atoms with E-state index in [4.69, 9.17) is 0 Å². The molecule has 0 atom stereocenters. The third-order valence-corrected chi connectivity index (χ3v) is 2.42. The summed E-state index contributed by atoms with van der Waals surface area (Å²) in [6.45, 7) is 0.278. The van der Waals surface area contributed by atoms with Gasteiger partial charge in [-0.2, -0.15) is 0 Å². The fourth-order valence-electron chi connectivity index (χ4n) is 1.53. The van der Waals surface area contributed by atoms with Crippen molar-refractivity contribution in [3.05, 3.63) is 53.9 Å². The largest absolute Gasteiger partial charge is 0.507 e. The van der Waals surface area contributed by atoms with Gasteiger partial charge in [0.1, 0.15) is 17.1 Å². The third-order valence-electron chi connectivity index (χ3n) is 2.42. The number of aromatic hydroxyl groups is 2. The molecule has 1 amide bonds. The number of pyridine rings is 1. The standard InChI is InChI=1S/C13H12N2O3/c16-10-4-1-5-11(17)12(10)13(18)15-8-9-3-2-6-14-7-9/h1-7,16-17H,8H2,(H,15,18). The van der Waals surface area contributed by atoms with E-state index < -0.39 is 5.91 Å². The van der Waals surface area contributed by atoms with Crippen LogP contribution in [0, 0.1) is 0 Å². The minimum absolute atomic E-state index is 0.124. The van der Waals surface area contributed by atoms with Crippen LogP contribution in [0.3, 0.4) is 0 Å². The molecule has 1 heterocycles. The van der Waals surface area contributed by atoms with Crippen LogP contribution in [-0.2, 0) is 6.54 Å². The summed E-state index contributed by atoms with van der Waals surface area (Å²) in [5.41, 5.74) is 0.710. The highest BCUT2D eigenvalue weighted by Gasteiger charge is 2.15. The highest BCUT2D eigenvalue weighted by molar-refractivity contribution is 5.99. The van der Waals surface area contributed by atoms with E-state index in [0.717, 1.165) is 5.56 Å². The maximum Gasteiger partial charge on any atom is 0.259 e. The zero-order chi connectivity index (χ0) is 13.0. The summed E-state index contributed by atoms with van der Waals surface area (Å²) in [6.07, 6.45) is 3.27. The molecule has 3 N–H and O–H groups in total. The normalized spacial score (nSPS) is 10.0. The zero-order valence-electron chi connectivity index (χ0n) is 9.50. The fraction of sp³-hybridized carbons (Fsp3) is 0.0769. The first-order valence-electron chi connectivity index (χ1n) is 5.36. The molecular weight excluding hydrogens is 232 g/mol. The molecule has 0 unspecified atom stereocenters. The SMILES string of the molecule is O=C(NCc1cccnc1)c1c(O)cccc1O. The monoisotopic (exact) mass is 244 g/mol. The zero-order valence-corrected chi connectivity index (χ0v) is 9.50. The molecule has 18 heavy (non-hydrogen) atoms. The molecule has 0 aliphatic heterocycles. The second-order valence-corrected chi connectivity index (χ2v) is 3.72. The van der Waals surface area contributed by atoms with Gasteiger partial charge in [-0.25, -0.2) is 0 Å². The van der Waals surface area contributed by atoms with Crippen LogP contribution < -0.4 is 5.32 Å². The quantitative estimate of drug-likeness (QED) is 0.762. The Hall–Kier alpha value is -2.56. The number of nitrogens with one attached hydrogen (secondary N) is 1. The Kier molecular flexibility index (Phi) is 3.43. The van der Waals surface area contributed by atoms with Crippen LogP contribution in [0.4, 0.5) is 0 Å². The first-order chi connectivity index (χ1) is 8.68. The fourth-order valence-corrected chi connectivity index (χ4v) is 1.53. The molecule has 0 aliphatic rings. The van der Waals surface area contributed by atoms with Crippen molar-refractivity contribution in [3.63, 3.8) is 0 Å². The molecule has 0 spiro atoms. The molecule has 92 valence electrons. The minimum atomic E-state index is -0.533. The van der Waals surface area contributed by atoms with E-state index in [1.807, 2.05) is 6.07 Å². The molecular formula is C13H12N2O3. The molecule has 0 saturated heterocycles. The van der Waals surface area contributed by atoms with E-state index in [9.17, 15) is 15.0 Å². The molecule has 0 aliphatic carbocycles. The van der Waals surface area contributed by atoms with Crippen molar-refractivity contribution in [1.82, 2.24) is 10.3 Å². The highest BCUT2D eigenvalue weighted by Crippen LogP contribution is 2.25. The number of aromatic nitrogens is 1. The van der Waals surface area contributed by atoms with Crippen LogP contribution in [0.5, 0.6) is 11.5 Å². The van der Waals surface area contributed by atoms with Crippen LogP contribution in [0.25, 0.3) is 0 Å². The van der Waals surface area contributed by atoms with Crippen molar-refractivity contribution in [2.45, 2.75) is 6.54 Å². The molecule has 0 saturated carbocycles. The van der Waals surface area contributed by atoms with Gasteiger partial charge in [0.25, 0.3) is 5.91 Å². The number of carbonyl (C=O) groups excluding carboxylic acids is 1. The molecule has 1 aromatic carbocycles. The van der Waals surface area contributed by atoms with Gasteiger partial charge in [0.05, 0.1) is 0 Å². The van der Waals surface area contributed by atoms with E-state index in [1.165, 1.54) is 18.2 Å². The Balaban J connectivity index is 2.09. The van der Waals surface area contributed by atoms with Crippen molar-refractivity contribution >= 4 is 5.91 Å². The van der Waals surface area contributed by atoms with E-state index in [1.54, 1.807) is 18.5 Å². The Labute approximate surface area is 104 Å². The number of phenols is 2. The van der Waals surface area contributed by atoms with Crippen molar-refractivity contribution < 1.29 is 15.0 Å². The smallest absolute Gasteiger partial charge is 0.259 e. The first kappa shape index (κ1) is 11.9. The van der Waals surface area contributed by atoms with Gasteiger partial charge >= 0.3 is 0 Å². The molecule has 2 rings (SSSR count). The van der Waals surface area contributed by atoms with Gasteiger partial charge in [-0.15, -0.1) is 0 Å². The average Bonchev–Trinajstić information content (AvgIpc) is 2.37. The van der Waals surface area contributed by atoms with Gasteiger partial charge in [-0.1, -0.05) is 12.1 Å². The average molecular weight is 244 g/mol. The first-order valence-corrected chi connectivity index (χ1v) is 5.36. The van der Waals surface area contributed by atoms with Gasteiger partial charge in [0.2, 0.25) is 0 Å². The summed E-state index contributed by atoms with van der Waals surface area (Å²) in [7, 11) is 0. The maximum absolute atomic E-state index is 11.8. The predicted octanol–water partition coefficient (Wildman–Crippen LogP) is 1.42. The molecule has 1 aromatic heterocycles. The Bertz CT molecular complexity index is 535. The Morgan fingerprint density at radius 2 is 1.89 bits per heavy atom. The van der Waals surface area contributed by atoms with Crippen LogP contribution in [0.15, 0.2) is 42.7 Å². The van der Waals surface area contributed by atoms with Gasteiger partial charge in [-0.3, -0.25) is 9.78 Å². The number of phenolic OH excluding ortho intramolecular Hbond substituents is 2. The van der Waals surface area contributed by atoms with Gasteiger partial charge in [0, 0.05) is 18.9 Å². The molecule has 5 nitrogen and oxygen atoms in total. The lowest BCUT2D eigenvalue weighted by Gasteiger charge is -2.08. The number of nitrogens with zero attached hydrogens (tertiary/aromatic N) is 1. The second-order valence-electron chi connectivity index (χ2n) is 3.72. The topological polar surface area (TPSA) is 82.5 Å². The number of hydrogen-bond acceptors (Lipinski definition) is 4. The number of amides is 1. The summed E-state index contributed by atoms with van der Waals surface area (Å²) in [6, 6.07) is 7.73. The number of carbonyl (C=O) groups is 1. The van der Waals surface area contributed by atoms with Crippen molar-refractivity contribution in [1.29, 1.82) is 0 Å². The lowest BCUT2D eigenvalue weighted by Crippen LogP contribution is -2.23. The highest BCUT2D eigenvalue weighted by atomic mass is 16.3. The Morgan fingerprint density at radius 3 is 2.50 bits per heavy atom. The van der Waals surface area contributed by atoms with Gasteiger partial charge in [0.15, 0.2) is 0 Å². The summed E-state index contributed by atoms with van der Waals surface area (Å²) >= 11 is 0. The van der Waals surface area contributed by atoms with Crippen LogP contribution in [-0.4, -0.2) is 21.1 Å². The van der Waals surface area contributed by atoms with Gasteiger partial charge < -0.3 is 15.5 Å². The van der Waals surface area contributed by atoms with Crippen LogP contribution in [0.1, 0.15) is 15.9 Å². The van der Waals surface area contributed by atoms with E-state index in [0.29, 0.717) is 0 Å². The molecule has 2 aromatic rings. The number of benzene rings is 1. The number of hydrogen-bond donors (Lipinski definition) is 3. The van der Waals surface area contributed by atoms with Gasteiger partial charge in [-0.05, 0) is 23.8 Å². The third kappa shape index (κ3) is 2.57. The summed E-state index contributed by atoms with van der Waals surface area (Å²) < 4.78 is 0. The van der Waals surface area contributed by atoms with Crippen LogP contribution >= 0.6 is 0 Å². The molecule has 0 radical (unpaired) electrons. The lowest BCUT2D eigenvalue weighted by atomic mass is 10.1.